The van der Waals surface area contributed by atoms with Crippen LogP contribution in [0.25, 0.3) is 10.4 Å². The normalized spacial score (nSPS) is 15.4. The van der Waals surface area contributed by atoms with Gasteiger partial charge < -0.3 is 14.8 Å². The average Bonchev–Trinajstić information content (AvgIpc) is 3.11. The Kier molecular flexibility index (Phi) is 6.10. The number of rotatable bonds is 7. The van der Waals surface area contributed by atoms with Crippen molar-refractivity contribution in [2.75, 3.05) is 20.8 Å². The molecule has 0 aliphatic heterocycles. The maximum atomic E-state index is 5.38. The van der Waals surface area contributed by atoms with E-state index in [1.54, 1.807) is 25.6 Å². The minimum atomic E-state index is 0.750. The van der Waals surface area contributed by atoms with E-state index in [4.69, 9.17) is 9.47 Å². The lowest BCUT2D eigenvalue weighted by atomic mass is 9.89. The van der Waals surface area contributed by atoms with E-state index in [0.717, 1.165) is 46.0 Å². The molecule has 0 unspecified atom stereocenters. The van der Waals surface area contributed by atoms with E-state index in [1.807, 2.05) is 24.4 Å². The number of hydrogen-bond acceptors (Lipinski definition) is 5. The number of nitrogens with one attached hydrogen (secondary N) is 1. The maximum absolute atomic E-state index is 5.38. The molecule has 0 radical (unpaired) electrons. The van der Waals surface area contributed by atoms with Crippen molar-refractivity contribution < 1.29 is 9.47 Å². The molecule has 0 spiro atoms. The third-order valence-corrected chi connectivity index (χ3v) is 5.70. The van der Waals surface area contributed by atoms with Crippen LogP contribution in [-0.2, 0) is 6.54 Å². The van der Waals surface area contributed by atoms with E-state index < -0.39 is 0 Å². The molecule has 1 aromatic heterocycles. The topological polar surface area (TPSA) is 43.4 Å². The molecule has 0 saturated heterocycles. The predicted octanol–water partition coefficient (Wildman–Crippen LogP) is 4.50. The van der Waals surface area contributed by atoms with Gasteiger partial charge in [-0.2, -0.15) is 0 Å². The van der Waals surface area contributed by atoms with Crippen LogP contribution in [0.4, 0.5) is 0 Å². The minimum Gasteiger partial charge on any atom is -0.493 e. The van der Waals surface area contributed by atoms with Gasteiger partial charge in [-0.1, -0.05) is 19.3 Å². The second-order valence-corrected chi connectivity index (χ2v) is 7.44. The first-order valence-electron chi connectivity index (χ1n) is 8.68. The molecule has 4 nitrogen and oxygen atoms in total. The van der Waals surface area contributed by atoms with Crippen LogP contribution in [-0.4, -0.2) is 25.7 Å². The Labute approximate surface area is 148 Å². The largest absolute Gasteiger partial charge is 0.493 e. The number of thiazole rings is 1. The molecule has 1 fully saturated rings. The van der Waals surface area contributed by atoms with Gasteiger partial charge in [0.1, 0.15) is 5.01 Å². The number of hydrogen-bond donors (Lipinski definition) is 1. The molecule has 1 aromatic carbocycles. The summed E-state index contributed by atoms with van der Waals surface area (Å²) in [6.07, 6.45) is 8.91. The van der Waals surface area contributed by atoms with Crippen molar-refractivity contribution in [3.63, 3.8) is 0 Å². The molecule has 1 N–H and O–H groups in total. The van der Waals surface area contributed by atoms with E-state index in [2.05, 4.69) is 10.3 Å². The molecule has 24 heavy (non-hydrogen) atoms. The van der Waals surface area contributed by atoms with Crippen molar-refractivity contribution in [3.8, 4) is 21.9 Å². The molecule has 5 heteroatoms. The summed E-state index contributed by atoms with van der Waals surface area (Å²) in [4.78, 5) is 5.72. The van der Waals surface area contributed by atoms with Crippen LogP contribution in [0.15, 0.2) is 24.4 Å². The van der Waals surface area contributed by atoms with E-state index in [0.29, 0.717) is 0 Å². The minimum absolute atomic E-state index is 0.750. The fourth-order valence-electron chi connectivity index (χ4n) is 3.29. The molecule has 0 bridgehead atoms. The second-order valence-electron chi connectivity index (χ2n) is 6.32. The van der Waals surface area contributed by atoms with Gasteiger partial charge in [-0.25, -0.2) is 4.98 Å². The summed E-state index contributed by atoms with van der Waals surface area (Å²) in [7, 11) is 3.31. The highest BCUT2D eigenvalue weighted by molar-refractivity contribution is 7.15. The lowest BCUT2D eigenvalue weighted by Gasteiger charge is -2.21. The van der Waals surface area contributed by atoms with Crippen molar-refractivity contribution >= 4 is 11.3 Å². The van der Waals surface area contributed by atoms with Crippen LogP contribution in [0, 0.1) is 5.92 Å². The van der Waals surface area contributed by atoms with Crippen molar-refractivity contribution in [3.05, 3.63) is 29.4 Å². The quantitative estimate of drug-likeness (QED) is 0.802. The van der Waals surface area contributed by atoms with Crippen molar-refractivity contribution in [1.82, 2.24) is 10.3 Å². The van der Waals surface area contributed by atoms with Gasteiger partial charge in [-0.05, 0) is 49.1 Å². The van der Waals surface area contributed by atoms with Crippen LogP contribution in [0.3, 0.4) is 0 Å². The van der Waals surface area contributed by atoms with Crippen LogP contribution < -0.4 is 14.8 Å². The molecule has 130 valence electrons. The van der Waals surface area contributed by atoms with E-state index in [1.165, 1.54) is 32.1 Å². The summed E-state index contributed by atoms with van der Waals surface area (Å²) in [6.45, 7) is 1.97. The third-order valence-electron chi connectivity index (χ3n) is 4.66. The third kappa shape index (κ3) is 4.28. The van der Waals surface area contributed by atoms with Crippen LogP contribution in [0.1, 0.15) is 37.1 Å². The van der Waals surface area contributed by atoms with Gasteiger partial charge in [0.05, 0.1) is 19.1 Å². The fourth-order valence-corrected chi connectivity index (χ4v) is 4.17. The van der Waals surface area contributed by atoms with Gasteiger partial charge in [0.2, 0.25) is 0 Å². The lowest BCUT2D eigenvalue weighted by Crippen LogP contribution is -2.24. The van der Waals surface area contributed by atoms with Gasteiger partial charge >= 0.3 is 0 Å². The predicted molar refractivity (Wildman–Crippen MR) is 98.9 cm³/mol. The molecule has 1 aliphatic rings. The smallest absolute Gasteiger partial charge is 0.161 e. The summed E-state index contributed by atoms with van der Waals surface area (Å²) < 4.78 is 10.7. The van der Waals surface area contributed by atoms with Gasteiger partial charge in [0.25, 0.3) is 0 Å². The zero-order valence-electron chi connectivity index (χ0n) is 14.5. The van der Waals surface area contributed by atoms with E-state index in [-0.39, 0.29) is 0 Å². The average molecular weight is 346 g/mol. The Balaban J connectivity index is 1.58. The SMILES string of the molecule is COc1ccc(-c2cnc(CNCC3CCCCC3)s2)cc1OC. The van der Waals surface area contributed by atoms with Crippen LogP contribution >= 0.6 is 11.3 Å². The molecule has 0 amide bonds. The van der Waals surface area contributed by atoms with Crippen molar-refractivity contribution in [2.45, 2.75) is 38.6 Å². The molecule has 1 heterocycles. The van der Waals surface area contributed by atoms with Gasteiger partial charge in [0, 0.05) is 12.7 Å². The summed E-state index contributed by atoms with van der Waals surface area (Å²) in [5.74, 6) is 2.35. The second kappa shape index (κ2) is 8.49. The molecular formula is C19H26N2O2S. The highest BCUT2D eigenvalue weighted by atomic mass is 32.1. The van der Waals surface area contributed by atoms with Crippen molar-refractivity contribution in [2.24, 2.45) is 5.92 Å². The number of methoxy groups -OCH3 is 2. The molecule has 3 rings (SSSR count). The highest BCUT2D eigenvalue weighted by Gasteiger charge is 2.13. The van der Waals surface area contributed by atoms with E-state index in [9.17, 15) is 0 Å². The summed E-state index contributed by atoms with van der Waals surface area (Å²) >= 11 is 1.74. The highest BCUT2D eigenvalue weighted by Crippen LogP contribution is 2.34. The Morgan fingerprint density at radius 3 is 2.67 bits per heavy atom. The maximum Gasteiger partial charge on any atom is 0.161 e. The number of nitrogens with zero attached hydrogens (tertiary/aromatic N) is 1. The number of ether oxygens (including phenoxy) is 2. The molecular weight excluding hydrogens is 320 g/mol. The van der Waals surface area contributed by atoms with E-state index >= 15 is 0 Å². The standard InChI is InChI=1S/C19H26N2O2S/c1-22-16-9-8-15(10-17(16)23-2)18-12-21-19(24-18)13-20-11-14-6-4-3-5-7-14/h8-10,12,14,20H,3-7,11,13H2,1-2H3. The Bertz CT molecular complexity index is 651. The number of benzene rings is 1. The Morgan fingerprint density at radius 1 is 1.12 bits per heavy atom. The molecule has 1 aliphatic carbocycles. The molecule has 1 saturated carbocycles. The first-order valence-corrected chi connectivity index (χ1v) is 9.49. The first kappa shape index (κ1) is 17.2. The van der Waals surface area contributed by atoms with Gasteiger partial charge in [-0.3, -0.25) is 0 Å². The van der Waals surface area contributed by atoms with Crippen molar-refractivity contribution in [1.29, 1.82) is 0 Å². The Morgan fingerprint density at radius 2 is 1.92 bits per heavy atom. The van der Waals surface area contributed by atoms with Crippen LogP contribution in [0.2, 0.25) is 0 Å². The van der Waals surface area contributed by atoms with Gasteiger partial charge in [-0.15, -0.1) is 11.3 Å². The molecule has 0 atom stereocenters. The number of aromatic nitrogens is 1. The Hall–Kier alpha value is -1.59. The summed E-state index contributed by atoms with van der Waals surface area (Å²) in [6, 6.07) is 5.99. The molecule has 2 aromatic rings. The lowest BCUT2D eigenvalue weighted by molar-refractivity contribution is 0.342. The fraction of sp³-hybridized carbons (Fsp3) is 0.526. The van der Waals surface area contributed by atoms with Crippen LogP contribution in [0.5, 0.6) is 11.5 Å². The summed E-state index contributed by atoms with van der Waals surface area (Å²) in [5, 5.41) is 4.72. The summed E-state index contributed by atoms with van der Waals surface area (Å²) in [5.41, 5.74) is 1.11. The van der Waals surface area contributed by atoms with Gasteiger partial charge in [0.15, 0.2) is 11.5 Å². The monoisotopic (exact) mass is 346 g/mol. The zero-order chi connectivity index (χ0) is 16.8. The first-order chi connectivity index (χ1) is 11.8. The zero-order valence-corrected chi connectivity index (χ0v) is 15.3.